The summed E-state index contributed by atoms with van der Waals surface area (Å²) in [6.45, 7) is 2.63. The van der Waals surface area contributed by atoms with Gasteiger partial charge in [-0.15, -0.1) is 0 Å². The fraction of sp³-hybridized carbons (Fsp3) is 0.276. The quantitative estimate of drug-likeness (QED) is 0.585. The van der Waals surface area contributed by atoms with Gasteiger partial charge in [0.05, 0.1) is 24.9 Å². The van der Waals surface area contributed by atoms with Crippen LogP contribution >= 0.6 is 0 Å². The Morgan fingerprint density at radius 1 is 0.743 bits per heavy atom. The minimum Gasteiger partial charge on any atom is -0.306 e. The summed E-state index contributed by atoms with van der Waals surface area (Å²) in [6, 6.07) is 26.8. The molecule has 3 aromatic rings. The zero-order valence-electron chi connectivity index (χ0n) is 19.6. The number of nitrogens with one attached hydrogen (secondary N) is 1. The van der Waals surface area contributed by atoms with E-state index in [4.69, 9.17) is 0 Å². The highest BCUT2D eigenvalue weighted by Gasteiger charge is 2.71. The standard InChI is InChI=1S/C29H27N3O3/c1-2-22-24-25(27(34)32(26(24)33)18-20-13-7-4-8-14-20)29(30-22)21-15-9-10-16-23(21)31(28(29)35)17-19-11-5-3-6-12-19/h3-16,22,24-25,30H,2,17-18H2,1H3/t22-,24-,25+,29-/m0/s1. The Morgan fingerprint density at radius 3 is 1.94 bits per heavy atom. The molecule has 0 radical (unpaired) electrons. The van der Waals surface area contributed by atoms with Crippen molar-refractivity contribution in [2.75, 3.05) is 4.90 Å². The van der Waals surface area contributed by atoms with E-state index < -0.39 is 17.4 Å². The maximum Gasteiger partial charge on any atom is 0.253 e. The number of hydrogen-bond acceptors (Lipinski definition) is 4. The molecule has 0 bridgehead atoms. The summed E-state index contributed by atoms with van der Waals surface area (Å²) in [4.78, 5) is 45.0. The molecule has 35 heavy (non-hydrogen) atoms. The van der Waals surface area contributed by atoms with Gasteiger partial charge in [-0.1, -0.05) is 85.8 Å². The first kappa shape index (κ1) is 21.7. The van der Waals surface area contributed by atoms with Gasteiger partial charge >= 0.3 is 0 Å². The van der Waals surface area contributed by atoms with Crippen molar-refractivity contribution in [3.63, 3.8) is 0 Å². The van der Waals surface area contributed by atoms with Gasteiger partial charge in [0.1, 0.15) is 5.54 Å². The molecule has 176 valence electrons. The number of imide groups is 1. The number of rotatable bonds is 5. The molecule has 0 aromatic heterocycles. The number of carbonyl (C=O) groups is 3. The van der Waals surface area contributed by atoms with Gasteiger partial charge in [0.25, 0.3) is 5.91 Å². The molecule has 0 saturated carbocycles. The van der Waals surface area contributed by atoms with E-state index in [1.807, 2.05) is 91.9 Å². The van der Waals surface area contributed by atoms with E-state index in [0.29, 0.717) is 13.0 Å². The van der Waals surface area contributed by atoms with Crippen LogP contribution in [0.4, 0.5) is 5.69 Å². The van der Waals surface area contributed by atoms with Crippen LogP contribution in [0.1, 0.15) is 30.0 Å². The van der Waals surface area contributed by atoms with E-state index in [1.54, 1.807) is 4.90 Å². The number of anilines is 1. The maximum atomic E-state index is 14.3. The highest BCUT2D eigenvalue weighted by Crippen LogP contribution is 2.55. The van der Waals surface area contributed by atoms with Gasteiger partial charge < -0.3 is 4.90 Å². The third kappa shape index (κ3) is 3.09. The van der Waals surface area contributed by atoms with E-state index in [9.17, 15) is 14.4 Å². The van der Waals surface area contributed by atoms with Crippen molar-refractivity contribution in [2.45, 2.75) is 38.0 Å². The number of likely N-dealkylation sites (tertiary alicyclic amines) is 1. The Hall–Kier alpha value is -3.77. The minimum atomic E-state index is -1.24. The van der Waals surface area contributed by atoms with Crippen molar-refractivity contribution >= 4 is 23.4 Å². The first-order valence-corrected chi connectivity index (χ1v) is 12.2. The Balaban J connectivity index is 1.44. The lowest BCUT2D eigenvalue weighted by atomic mass is 9.76. The largest absolute Gasteiger partial charge is 0.306 e. The molecule has 6 rings (SSSR count). The fourth-order valence-electron chi connectivity index (χ4n) is 6.20. The van der Waals surface area contributed by atoms with Gasteiger partial charge in [-0.3, -0.25) is 24.6 Å². The number of fused-ring (bicyclic) bond motifs is 4. The fourth-order valence-corrected chi connectivity index (χ4v) is 6.20. The lowest BCUT2D eigenvalue weighted by Crippen LogP contribution is -2.54. The average molecular weight is 466 g/mol. The summed E-state index contributed by atoms with van der Waals surface area (Å²) in [5.74, 6) is -1.94. The number of amides is 3. The first-order valence-electron chi connectivity index (χ1n) is 12.2. The third-order valence-electron chi connectivity index (χ3n) is 7.76. The molecule has 3 heterocycles. The van der Waals surface area contributed by atoms with Crippen molar-refractivity contribution in [1.29, 1.82) is 0 Å². The van der Waals surface area contributed by atoms with E-state index in [1.165, 1.54) is 4.90 Å². The van der Waals surface area contributed by atoms with E-state index in [-0.39, 0.29) is 30.3 Å². The van der Waals surface area contributed by atoms with Gasteiger partial charge in [-0.2, -0.15) is 0 Å². The highest BCUT2D eigenvalue weighted by molar-refractivity contribution is 6.16. The molecular formula is C29H27N3O3. The predicted octanol–water partition coefficient (Wildman–Crippen LogP) is 3.61. The SMILES string of the molecule is CC[C@@H]1N[C@]2(C(=O)N(Cc3ccccc3)c3ccccc32)[C@H]2C(=O)N(Cc3ccccc3)C(=O)[C@@H]12. The minimum absolute atomic E-state index is 0.156. The van der Waals surface area contributed by atoms with Crippen molar-refractivity contribution in [1.82, 2.24) is 10.2 Å². The summed E-state index contributed by atoms with van der Waals surface area (Å²) in [6.07, 6.45) is 0.648. The molecule has 4 atom stereocenters. The molecule has 0 aliphatic carbocycles. The third-order valence-corrected chi connectivity index (χ3v) is 7.76. The van der Waals surface area contributed by atoms with Crippen LogP contribution in [-0.2, 0) is 33.0 Å². The van der Waals surface area contributed by atoms with Crippen molar-refractivity contribution in [2.24, 2.45) is 11.8 Å². The summed E-state index contributed by atoms with van der Waals surface area (Å²) in [5.41, 5.74) is 2.25. The summed E-state index contributed by atoms with van der Waals surface area (Å²) in [7, 11) is 0. The van der Waals surface area contributed by atoms with Gasteiger partial charge in [0.15, 0.2) is 0 Å². The maximum absolute atomic E-state index is 14.3. The molecule has 0 unspecified atom stereocenters. The lowest BCUT2D eigenvalue weighted by Gasteiger charge is -2.30. The van der Waals surface area contributed by atoms with Crippen LogP contribution in [0.15, 0.2) is 84.9 Å². The summed E-state index contributed by atoms with van der Waals surface area (Å²) < 4.78 is 0. The van der Waals surface area contributed by atoms with Gasteiger partial charge in [-0.05, 0) is 23.6 Å². The van der Waals surface area contributed by atoms with Gasteiger partial charge in [0, 0.05) is 17.3 Å². The smallest absolute Gasteiger partial charge is 0.253 e. The van der Waals surface area contributed by atoms with Gasteiger partial charge in [-0.25, -0.2) is 0 Å². The normalized spacial score (nSPS) is 27.1. The molecular weight excluding hydrogens is 438 g/mol. The van der Waals surface area contributed by atoms with E-state index >= 15 is 0 Å². The zero-order chi connectivity index (χ0) is 24.2. The predicted molar refractivity (Wildman–Crippen MR) is 132 cm³/mol. The second kappa shape index (κ2) is 8.17. The van der Waals surface area contributed by atoms with Crippen LogP contribution in [0.2, 0.25) is 0 Å². The Bertz CT molecular complexity index is 1310. The van der Waals surface area contributed by atoms with Crippen molar-refractivity contribution in [3.8, 4) is 0 Å². The summed E-state index contributed by atoms with van der Waals surface area (Å²) in [5, 5.41) is 3.53. The second-order valence-electron chi connectivity index (χ2n) is 9.61. The van der Waals surface area contributed by atoms with Gasteiger partial charge in [0.2, 0.25) is 11.8 Å². The van der Waals surface area contributed by atoms with Crippen LogP contribution in [0.3, 0.4) is 0 Å². The molecule has 1 N–H and O–H groups in total. The molecule has 3 aliphatic heterocycles. The van der Waals surface area contributed by atoms with Crippen molar-refractivity contribution < 1.29 is 14.4 Å². The molecule has 3 amide bonds. The van der Waals surface area contributed by atoms with Crippen LogP contribution < -0.4 is 10.2 Å². The lowest BCUT2D eigenvalue weighted by molar-refractivity contribution is -0.143. The molecule has 6 nitrogen and oxygen atoms in total. The zero-order valence-corrected chi connectivity index (χ0v) is 19.6. The van der Waals surface area contributed by atoms with Crippen LogP contribution in [-0.4, -0.2) is 28.7 Å². The number of hydrogen-bond donors (Lipinski definition) is 1. The Kier molecular flexibility index (Phi) is 5.07. The van der Waals surface area contributed by atoms with Crippen LogP contribution in [0, 0.1) is 11.8 Å². The molecule has 3 aliphatic rings. The number of nitrogens with zero attached hydrogens (tertiary/aromatic N) is 2. The molecule has 1 spiro atoms. The first-order chi connectivity index (χ1) is 17.1. The number of benzene rings is 3. The molecule has 2 fully saturated rings. The summed E-state index contributed by atoms with van der Waals surface area (Å²) >= 11 is 0. The molecule has 2 saturated heterocycles. The molecule has 3 aromatic carbocycles. The Labute approximate surface area is 204 Å². The Morgan fingerprint density at radius 2 is 1.31 bits per heavy atom. The number of para-hydroxylation sites is 1. The number of carbonyl (C=O) groups excluding carboxylic acids is 3. The van der Waals surface area contributed by atoms with Crippen molar-refractivity contribution in [3.05, 3.63) is 102 Å². The average Bonchev–Trinajstić information content (AvgIpc) is 3.46. The van der Waals surface area contributed by atoms with Crippen LogP contribution in [0.5, 0.6) is 0 Å². The monoisotopic (exact) mass is 465 g/mol. The highest BCUT2D eigenvalue weighted by atomic mass is 16.2. The topological polar surface area (TPSA) is 69.7 Å². The second-order valence-corrected chi connectivity index (χ2v) is 9.61. The van der Waals surface area contributed by atoms with E-state index in [0.717, 1.165) is 22.4 Å². The molecule has 6 heteroatoms. The van der Waals surface area contributed by atoms with Crippen LogP contribution in [0.25, 0.3) is 0 Å². The van der Waals surface area contributed by atoms with E-state index in [2.05, 4.69) is 5.32 Å².